The fourth-order valence-electron chi connectivity index (χ4n) is 3.66. The molecule has 2 fully saturated rings. The Bertz CT molecular complexity index is 698. The number of imide groups is 1. The third-order valence-electron chi connectivity index (χ3n) is 5.22. The molecule has 1 saturated carbocycles. The van der Waals surface area contributed by atoms with Gasteiger partial charge in [0, 0.05) is 11.1 Å². The number of urea groups is 1. The van der Waals surface area contributed by atoms with Gasteiger partial charge in [0.05, 0.1) is 0 Å². The second kappa shape index (κ2) is 7.66. The van der Waals surface area contributed by atoms with Crippen LogP contribution in [0.3, 0.4) is 0 Å². The van der Waals surface area contributed by atoms with Crippen molar-refractivity contribution in [3.63, 3.8) is 0 Å². The molecule has 4 amide bonds. The number of benzene rings is 1. The van der Waals surface area contributed by atoms with Crippen molar-refractivity contribution in [2.75, 3.05) is 6.54 Å². The van der Waals surface area contributed by atoms with E-state index >= 15 is 0 Å². The zero-order valence-corrected chi connectivity index (χ0v) is 15.6. The van der Waals surface area contributed by atoms with Crippen LogP contribution in [0.1, 0.15) is 51.0 Å². The van der Waals surface area contributed by atoms with Gasteiger partial charge >= 0.3 is 6.03 Å². The summed E-state index contributed by atoms with van der Waals surface area (Å²) >= 11 is 5.89. The third-order valence-corrected chi connectivity index (χ3v) is 5.47. The summed E-state index contributed by atoms with van der Waals surface area (Å²) in [4.78, 5) is 38.5. The average Bonchev–Trinajstić information content (AvgIpc) is 2.79. The zero-order chi connectivity index (χ0) is 18.7. The minimum atomic E-state index is -1.19. The van der Waals surface area contributed by atoms with Gasteiger partial charge in [0.2, 0.25) is 5.91 Å². The molecule has 26 heavy (non-hydrogen) atoms. The van der Waals surface area contributed by atoms with Crippen molar-refractivity contribution in [3.8, 4) is 0 Å². The van der Waals surface area contributed by atoms with Gasteiger partial charge < -0.3 is 10.6 Å². The standard InChI is InChI=1S/C19H24ClN3O3/c1-19(13-8-10-14(20)11-9-13)17(25)23(18(26)22-19)12-16(24)21-15-6-4-2-3-5-7-15/h8-11,15H,2-7,12H2,1H3,(H,21,24)(H,22,26). The van der Waals surface area contributed by atoms with E-state index in [0.29, 0.717) is 10.6 Å². The molecule has 2 aliphatic rings. The molecular formula is C19H24ClN3O3. The summed E-state index contributed by atoms with van der Waals surface area (Å²) in [6, 6.07) is 6.33. The van der Waals surface area contributed by atoms with Crippen LogP contribution in [0.4, 0.5) is 4.79 Å². The van der Waals surface area contributed by atoms with E-state index in [1.165, 1.54) is 12.8 Å². The SMILES string of the molecule is CC1(c2ccc(Cl)cc2)NC(=O)N(CC(=O)NC2CCCCCC2)C1=O. The fraction of sp³-hybridized carbons (Fsp3) is 0.526. The molecule has 0 radical (unpaired) electrons. The van der Waals surface area contributed by atoms with Gasteiger partial charge in [-0.1, -0.05) is 49.4 Å². The van der Waals surface area contributed by atoms with Crippen LogP contribution >= 0.6 is 11.6 Å². The maximum absolute atomic E-state index is 12.8. The first kappa shape index (κ1) is 18.7. The molecule has 1 aromatic carbocycles. The lowest BCUT2D eigenvalue weighted by Gasteiger charge is -2.22. The lowest BCUT2D eigenvalue weighted by Crippen LogP contribution is -2.45. The van der Waals surface area contributed by atoms with E-state index in [2.05, 4.69) is 10.6 Å². The first-order chi connectivity index (χ1) is 12.4. The van der Waals surface area contributed by atoms with E-state index in [0.717, 1.165) is 30.6 Å². The van der Waals surface area contributed by atoms with E-state index in [-0.39, 0.29) is 18.5 Å². The molecule has 1 aliphatic heterocycles. The number of hydrogen-bond acceptors (Lipinski definition) is 3. The first-order valence-electron chi connectivity index (χ1n) is 9.09. The number of halogens is 1. The summed E-state index contributed by atoms with van der Waals surface area (Å²) in [5.41, 5.74) is -0.559. The predicted molar refractivity (Wildman–Crippen MR) is 98.7 cm³/mol. The minimum absolute atomic E-state index is 0.133. The van der Waals surface area contributed by atoms with Gasteiger partial charge in [-0.25, -0.2) is 4.79 Å². The van der Waals surface area contributed by atoms with Crippen molar-refractivity contribution in [3.05, 3.63) is 34.9 Å². The van der Waals surface area contributed by atoms with Crippen LogP contribution in [0.5, 0.6) is 0 Å². The highest BCUT2D eigenvalue weighted by molar-refractivity contribution is 6.30. The van der Waals surface area contributed by atoms with Gasteiger partial charge in [-0.15, -0.1) is 0 Å². The van der Waals surface area contributed by atoms with Crippen molar-refractivity contribution in [1.82, 2.24) is 15.5 Å². The monoisotopic (exact) mass is 377 g/mol. The molecular weight excluding hydrogens is 354 g/mol. The predicted octanol–water partition coefficient (Wildman–Crippen LogP) is 2.95. The molecule has 0 aromatic heterocycles. The van der Waals surface area contributed by atoms with E-state index < -0.39 is 17.5 Å². The first-order valence-corrected chi connectivity index (χ1v) is 9.47. The van der Waals surface area contributed by atoms with Crippen LogP contribution < -0.4 is 10.6 Å². The van der Waals surface area contributed by atoms with Crippen molar-refractivity contribution in [2.24, 2.45) is 0 Å². The quantitative estimate of drug-likeness (QED) is 0.625. The average molecular weight is 378 g/mol. The number of nitrogens with one attached hydrogen (secondary N) is 2. The van der Waals surface area contributed by atoms with Crippen molar-refractivity contribution in [2.45, 2.75) is 57.0 Å². The van der Waals surface area contributed by atoms with Gasteiger partial charge in [-0.05, 0) is 37.5 Å². The van der Waals surface area contributed by atoms with Crippen molar-refractivity contribution in [1.29, 1.82) is 0 Å². The summed E-state index contributed by atoms with van der Waals surface area (Å²) in [6.07, 6.45) is 6.49. The molecule has 7 heteroatoms. The molecule has 1 unspecified atom stereocenters. The Morgan fingerprint density at radius 1 is 1.19 bits per heavy atom. The number of amides is 4. The smallest absolute Gasteiger partial charge is 0.325 e. The van der Waals surface area contributed by atoms with Crippen LogP contribution in [0.25, 0.3) is 0 Å². The van der Waals surface area contributed by atoms with Gasteiger partial charge in [0.1, 0.15) is 12.1 Å². The molecule has 2 N–H and O–H groups in total. The number of hydrogen-bond donors (Lipinski definition) is 2. The summed E-state index contributed by atoms with van der Waals surface area (Å²) in [5, 5.41) is 6.22. The summed E-state index contributed by atoms with van der Waals surface area (Å²) < 4.78 is 0. The summed E-state index contributed by atoms with van der Waals surface area (Å²) in [6.45, 7) is 1.38. The second-order valence-electron chi connectivity index (χ2n) is 7.21. The van der Waals surface area contributed by atoms with Crippen molar-refractivity contribution < 1.29 is 14.4 Å². The number of nitrogens with zero attached hydrogens (tertiary/aromatic N) is 1. The summed E-state index contributed by atoms with van der Waals surface area (Å²) in [7, 11) is 0. The highest BCUT2D eigenvalue weighted by Gasteiger charge is 2.49. The fourth-order valence-corrected chi connectivity index (χ4v) is 3.79. The maximum atomic E-state index is 12.8. The highest BCUT2D eigenvalue weighted by atomic mass is 35.5. The molecule has 1 saturated heterocycles. The second-order valence-corrected chi connectivity index (χ2v) is 7.65. The van der Waals surface area contributed by atoms with E-state index in [1.807, 2.05) is 0 Å². The Kier molecular flexibility index (Phi) is 5.51. The lowest BCUT2D eigenvalue weighted by atomic mass is 9.92. The van der Waals surface area contributed by atoms with Crippen molar-refractivity contribution >= 4 is 29.4 Å². The number of carbonyl (C=O) groups is 3. The van der Waals surface area contributed by atoms with E-state index in [4.69, 9.17) is 11.6 Å². The largest absolute Gasteiger partial charge is 0.352 e. The van der Waals surface area contributed by atoms with Gasteiger partial charge in [-0.2, -0.15) is 0 Å². The normalized spacial score (nSPS) is 24.3. The molecule has 0 bridgehead atoms. The molecule has 0 spiro atoms. The highest BCUT2D eigenvalue weighted by Crippen LogP contribution is 2.29. The van der Waals surface area contributed by atoms with Gasteiger partial charge in [0.25, 0.3) is 5.91 Å². The number of carbonyl (C=O) groups excluding carboxylic acids is 3. The molecule has 6 nitrogen and oxygen atoms in total. The number of rotatable bonds is 4. The lowest BCUT2D eigenvalue weighted by molar-refractivity contribution is -0.135. The Morgan fingerprint density at radius 3 is 2.42 bits per heavy atom. The van der Waals surface area contributed by atoms with E-state index in [1.54, 1.807) is 31.2 Å². The van der Waals surface area contributed by atoms with Crippen LogP contribution in [-0.4, -0.2) is 35.3 Å². The molecule has 1 aromatic rings. The Labute approximate surface area is 158 Å². The Balaban J connectivity index is 1.66. The van der Waals surface area contributed by atoms with Gasteiger partial charge in [-0.3, -0.25) is 14.5 Å². The van der Waals surface area contributed by atoms with Crippen LogP contribution in [0, 0.1) is 0 Å². The zero-order valence-electron chi connectivity index (χ0n) is 14.9. The van der Waals surface area contributed by atoms with Crippen LogP contribution in [0.2, 0.25) is 5.02 Å². The van der Waals surface area contributed by atoms with Gasteiger partial charge in [0.15, 0.2) is 0 Å². The topological polar surface area (TPSA) is 78.5 Å². The molecule has 140 valence electrons. The molecule has 1 atom stereocenters. The Morgan fingerprint density at radius 2 is 1.81 bits per heavy atom. The van der Waals surface area contributed by atoms with E-state index in [9.17, 15) is 14.4 Å². The minimum Gasteiger partial charge on any atom is -0.352 e. The molecule has 1 aliphatic carbocycles. The summed E-state index contributed by atoms with van der Waals surface area (Å²) in [5.74, 6) is -0.721. The van der Waals surface area contributed by atoms with Crippen LogP contribution in [-0.2, 0) is 15.1 Å². The third kappa shape index (κ3) is 3.85. The van der Waals surface area contributed by atoms with Crippen LogP contribution in [0.15, 0.2) is 24.3 Å². The maximum Gasteiger partial charge on any atom is 0.325 e. The molecule has 1 heterocycles. The Hall–Kier alpha value is -2.08. The molecule has 3 rings (SSSR count).